The minimum atomic E-state index is -3.43. The highest BCUT2D eigenvalue weighted by Gasteiger charge is 2.48. The van der Waals surface area contributed by atoms with E-state index in [0.29, 0.717) is 12.0 Å². The number of hydrogen-bond acceptors (Lipinski definition) is 8. The zero-order valence-corrected chi connectivity index (χ0v) is 16.3. The first kappa shape index (κ1) is 20.4. The number of nitrogen functional groups attached to an aromatic ring is 1. The van der Waals surface area contributed by atoms with Crippen LogP contribution in [-0.4, -0.2) is 47.0 Å². The van der Waals surface area contributed by atoms with Gasteiger partial charge in [0.2, 0.25) is 0 Å². The number of hydrogen-bond donors (Lipinski definition) is 2. The van der Waals surface area contributed by atoms with Crippen molar-refractivity contribution in [1.82, 2.24) is 9.55 Å². The number of ether oxygens (including phenoxy) is 2. The summed E-state index contributed by atoms with van der Waals surface area (Å²) in [5.74, 6) is 0.163. The normalized spacial score (nSPS) is 28.8. The van der Waals surface area contributed by atoms with Gasteiger partial charge in [0, 0.05) is 26.0 Å². The molecule has 0 aliphatic carbocycles. The summed E-state index contributed by atoms with van der Waals surface area (Å²) in [6.07, 6.45) is 0.447. The molecule has 1 aliphatic heterocycles. The van der Waals surface area contributed by atoms with E-state index >= 15 is 0 Å². The number of rotatable bonds is 7. The monoisotopic (exact) mass is 393 g/mol. The predicted octanol–water partition coefficient (Wildman–Crippen LogP) is 1.09. The summed E-state index contributed by atoms with van der Waals surface area (Å²) < 4.78 is 23.3. The summed E-state index contributed by atoms with van der Waals surface area (Å²) >= 11 is 4.95. The average molecular weight is 393 g/mol. The molecule has 2 heterocycles. The summed E-state index contributed by atoms with van der Waals surface area (Å²) in [7, 11) is 2.75. The Balaban J connectivity index is 2.41. The van der Waals surface area contributed by atoms with Crippen molar-refractivity contribution in [3.05, 3.63) is 22.2 Å². The third-order valence-corrected chi connectivity index (χ3v) is 5.74. The molecule has 2 rings (SSSR count). The zero-order chi connectivity index (χ0) is 18.8. The lowest BCUT2D eigenvalue weighted by atomic mass is 10.1. The summed E-state index contributed by atoms with van der Waals surface area (Å²) in [6.45, 7) is 0.298. The van der Waals surface area contributed by atoms with Gasteiger partial charge >= 0.3 is 12.4 Å². The first-order chi connectivity index (χ1) is 11.7. The molecule has 0 aromatic carbocycles. The van der Waals surface area contributed by atoms with Gasteiger partial charge in [-0.15, -0.1) is 0 Å². The first-order valence-corrected chi connectivity index (χ1v) is 10.4. The molecule has 1 fully saturated rings. The Bertz CT molecular complexity index is 714. The Kier molecular flexibility index (Phi) is 6.72. The van der Waals surface area contributed by atoms with Crippen LogP contribution in [0.4, 0.5) is 5.82 Å². The van der Waals surface area contributed by atoms with E-state index in [1.807, 2.05) is 6.92 Å². The lowest BCUT2D eigenvalue weighted by Crippen LogP contribution is -2.38. The van der Waals surface area contributed by atoms with Crippen LogP contribution in [0, 0.1) is 6.92 Å². The number of nitrogens with zero attached hydrogens (tertiary/aromatic N) is 2. The molecule has 2 unspecified atom stereocenters. The highest BCUT2D eigenvalue weighted by molar-refractivity contribution is 8.07. The molecule has 0 spiro atoms. The predicted molar refractivity (Wildman–Crippen MR) is 95.6 cm³/mol. The lowest BCUT2D eigenvalue weighted by molar-refractivity contribution is -0.0547. The molecule has 0 radical (unpaired) electrons. The van der Waals surface area contributed by atoms with E-state index in [2.05, 4.69) is 4.98 Å². The fourth-order valence-electron chi connectivity index (χ4n) is 2.78. The van der Waals surface area contributed by atoms with Gasteiger partial charge < -0.3 is 24.6 Å². The fraction of sp³-hybridized carbons (Fsp3) is 0.714. The van der Waals surface area contributed by atoms with Gasteiger partial charge in [-0.05, 0) is 25.2 Å². The maximum atomic E-state index is 12.3. The highest BCUT2D eigenvalue weighted by Crippen LogP contribution is 2.48. The van der Waals surface area contributed by atoms with Crippen molar-refractivity contribution < 1.29 is 23.4 Å². The van der Waals surface area contributed by atoms with Crippen molar-refractivity contribution in [2.75, 3.05) is 20.0 Å². The Morgan fingerprint density at radius 2 is 2.16 bits per heavy atom. The summed E-state index contributed by atoms with van der Waals surface area (Å²) in [6, 6.07) is 0. The van der Waals surface area contributed by atoms with Crippen molar-refractivity contribution in [2.24, 2.45) is 0 Å². The van der Waals surface area contributed by atoms with Crippen LogP contribution in [0.25, 0.3) is 0 Å². The molecule has 0 saturated carbocycles. The van der Waals surface area contributed by atoms with Gasteiger partial charge in [-0.2, -0.15) is 4.98 Å². The molecule has 0 amide bonds. The molecule has 1 aromatic heterocycles. The Hall–Kier alpha value is -0.870. The molecule has 3 N–H and O–H groups in total. The van der Waals surface area contributed by atoms with E-state index in [0.717, 1.165) is 6.42 Å². The second-order valence-electron chi connectivity index (χ2n) is 5.77. The smallest absolute Gasteiger partial charge is 0.351 e. The van der Waals surface area contributed by atoms with Crippen molar-refractivity contribution in [1.29, 1.82) is 0 Å². The van der Waals surface area contributed by atoms with Crippen LogP contribution < -0.4 is 11.4 Å². The fourth-order valence-corrected chi connectivity index (χ4v) is 3.73. The van der Waals surface area contributed by atoms with Gasteiger partial charge in [0.05, 0.1) is 6.10 Å². The Morgan fingerprint density at radius 3 is 2.72 bits per heavy atom. The number of nitrogens with two attached hydrogens (primary N) is 1. The number of anilines is 1. The van der Waals surface area contributed by atoms with Crippen molar-refractivity contribution in [3.8, 4) is 0 Å². The second kappa shape index (κ2) is 8.22. The largest absolute Gasteiger partial charge is 0.383 e. The molecule has 0 bridgehead atoms. The molecule has 11 heteroatoms. The van der Waals surface area contributed by atoms with E-state index < -0.39 is 36.9 Å². The zero-order valence-electron chi connectivity index (χ0n) is 14.6. The van der Waals surface area contributed by atoms with E-state index in [1.54, 1.807) is 13.1 Å². The number of aryl methyl sites for hydroxylation is 1. The van der Waals surface area contributed by atoms with Gasteiger partial charge in [-0.25, -0.2) is 4.79 Å². The van der Waals surface area contributed by atoms with Gasteiger partial charge in [0.1, 0.15) is 18.0 Å². The highest BCUT2D eigenvalue weighted by atomic mass is 32.5. The minimum absolute atomic E-state index is 0.163. The van der Waals surface area contributed by atoms with Crippen LogP contribution in [0.15, 0.2) is 11.0 Å². The molecule has 25 heavy (non-hydrogen) atoms. The van der Waals surface area contributed by atoms with Gasteiger partial charge in [0.25, 0.3) is 0 Å². The van der Waals surface area contributed by atoms with E-state index in [-0.39, 0.29) is 5.82 Å². The quantitative estimate of drug-likeness (QED) is 0.656. The van der Waals surface area contributed by atoms with Crippen molar-refractivity contribution >= 4 is 24.3 Å². The topological polar surface area (TPSA) is 118 Å². The molecule has 1 saturated heterocycles. The molecule has 1 aromatic rings. The van der Waals surface area contributed by atoms with Gasteiger partial charge in [0.15, 0.2) is 6.23 Å². The summed E-state index contributed by atoms with van der Waals surface area (Å²) in [4.78, 5) is 26.1. The molecule has 1 aliphatic rings. The summed E-state index contributed by atoms with van der Waals surface area (Å²) in [5.41, 5.74) is 5.76. The summed E-state index contributed by atoms with van der Waals surface area (Å²) in [5, 5.41) is 0. The molecule has 5 atom stereocenters. The van der Waals surface area contributed by atoms with Crippen molar-refractivity contribution in [3.63, 3.8) is 0 Å². The average Bonchev–Trinajstić information content (AvgIpc) is 2.88. The standard InChI is InChI=1S/C14H24N3O6PS/c1-5-6-9-10(23-24(19,25)21-4)11(20-3)13(22-9)17-7-8(2)12(15)16-14(17)18/h7,9-11,13H,5-6H2,1-4H3,(H,19,25)(H2,15,16,18)/t9-,10?,11+,13-,24?/m1/s1. The minimum Gasteiger partial charge on any atom is -0.383 e. The first-order valence-electron chi connectivity index (χ1n) is 7.84. The third kappa shape index (κ3) is 4.46. The SMILES string of the molecule is CCC[C@H]1O[C@@H](n2cc(C)c(N)nc2=O)[C@@H](OC)C1OP(O)(=S)OC. The Morgan fingerprint density at radius 1 is 1.48 bits per heavy atom. The van der Waals surface area contributed by atoms with Crippen LogP contribution in [0.1, 0.15) is 31.6 Å². The van der Waals surface area contributed by atoms with Crippen molar-refractivity contribution in [2.45, 2.75) is 51.2 Å². The molecular weight excluding hydrogens is 369 g/mol. The molecule has 9 nitrogen and oxygen atoms in total. The molecular formula is C14H24N3O6PS. The lowest BCUT2D eigenvalue weighted by Gasteiger charge is -2.26. The van der Waals surface area contributed by atoms with Crippen LogP contribution in [0.2, 0.25) is 0 Å². The van der Waals surface area contributed by atoms with E-state index in [9.17, 15) is 9.69 Å². The second-order valence-corrected chi connectivity index (χ2v) is 8.67. The van der Waals surface area contributed by atoms with Gasteiger partial charge in [-0.1, -0.05) is 13.3 Å². The van der Waals surface area contributed by atoms with Crippen LogP contribution >= 0.6 is 6.72 Å². The van der Waals surface area contributed by atoms with E-state index in [4.69, 9.17) is 36.1 Å². The van der Waals surface area contributed by atoms with Crippen LogP contribution in [0.3, 0.4) is 0 Å². The Labute approximate surface area is 151 Å². The maximum absolute atomic E-state index is 12.3. The number of aromatic nitrogens is 2. The van der Waals surface area contributed by atoms with Crippen LogP contribution in [0.5, 0.6) is 0 Å². The third-order valence-electron chi connectivity index (χ3n) is 4.06. The molecule has 142 valence electrons. The number of methoxy groups -OCH3 is 1. The van der Waals surface area contributed by atoms with Gasteiger partial charge in [-0.3, -0.25) is 9.09 Å². The van der Waals surface area contributed by atoms with E-state index in [1.165, 1.54) is 18.8 Å². The van der Waals surface area contributed by atoms with Crippen LogP contribution in [-0.2, 0) is 30.3 Å². The maximum Gasteiger partial charge on any atom is 0.351 e.